The largest absolute Gasteiger partial charge is 0.326 e. The number of halogens is 1. The van der Waals surface area contributed by atoms with Crippen LogP contribution in [-0.2, 0) is 11.2 Å². The third-order valence-electron chi connectivity index (χ3n) is 2.53. The summed E-state index contributed by atoms with van der Waals surface area (Å²) < 4.78 is 13.0. The smallest absolute Gasteiger partial charge is 0.228 e. The quantitative estimate of drug-likeness (QED) is 0.915. The number of hydrogen-bond donors (Lipinski definition) is 1. The van der Waals surface area contributed by atoms with E-state index in [2.05, 4.69) is 5.32 Å². The van der Waals surface area contributed by atoms with E-state index in [0.717, 1.165) is 0 Å². The van der Waals surface area contributed by atoms with Crippen molar-refractivity contribution in [1.82, 2.24) is 0 Å². The molecule has 1 amide bonds. The minimum Gasteiger partial charge on any atom is -0.326 e. The Morgan fingerprint density at radius 3 is 2.74 bits per heavy atom. The van der Waals surface area contributed by atoms with Gasteiger partial charge in [-0.3, -0.25) is 4.79 Å². The molecule has 3 nitrogen and oxygen atoms in total. The molecular weight excluding hydrogens is 243 g/mol. The average Bonchev–Trinajstić information content (AvgIpc) is 2.38. The second-order valence-corrected chi connectivity index (χ2v) is 4.05. The molecule has 1 N–H and O–H groups in total. The van der Waals surface area contributed by atoms with Gasteiger partial charge in [-0.15, -0.1) is 0 Å². The van der Waals surface area contributed by atoms with Gasteiger partial charge in [0.1, 0.15) is 5.82 Å². The van der Waals surface area contributed by atoms with Crippen molar-refractivity contribution in [2.75, 3.05) is 5.32 Å². The summed E-state index contributed by atoms with van der Waals surface area (Å²) in [5.41, 5.74) is 1.64. The van der Waals surface area contributed by atoms with Crippen molar-refractivity contribution in [2.45, 2.75) is 6.42 Å². The Hall–Kier alpha value is -2.67. The lowest BCUT2D eigenvalue weighted by molar-refractivity contribution is -0.115. The highest BCUT2D eigenvalue weighted by Crippen LogP contribution is 2.11. The van der Waals surface area contributed by atoms with E-state index in [9.17, 15) is 9.18 Å². The van der Waals surface area contributed by atoms with E-state index in [0.29, 0.717) is 16.8 Å². The molecule has 0 saturated heterocycles. The molecule has 19 heavy (non-hydrogen) atoms. The van der Waals surface area contributed by atoms with Crippen molar-refractivity contribution in [3.05, 3.63) is 65.5 Å². The first kappa shape index (κ1) is 12.8. The van der Waals surface area contributed by atoms with Crippen LogP contribution < -0.4 is 5.32 Å². The number of amides is 1. The van der Waals surface area contributed by atoms with Gasteiger partial charge in [0.05, 0.1) is 18.1 Å². The number of rotatable bonds is 3. The van der Waals surface area contributed by atoms with E-state index in [1.165, 1.54) is 12.1 Å². The zero-order valence-electron chi connectivity index (χ0n) is 10.1. The number of hydrogen-bond acceptors (Lipinski definition) is 2. The molecule has 94 valence electrons. The molecule has 0 saturated carbocycles. The molecule has 0 heterocycles. The standard InChI is InChI=1S/C15H11FN2O/c16-13-5-1-3-11(7-13)9-15(19)18-14-6-2-4-12(8-14)10-17/h1-8H,9H2,(H,18,19). The van der Waals surface area contributed by atoms with Gasteiger partial charge in [-0.05, 0) is 35.9 Å². The lowest BCUT2D eigenvalue weighted by atomic mass is 10.1. The van der Waals surface area contributed by atoms with Gasteiger partial charge in [-0.2, -0.15) is 5.26 Å². The monoisotopic (exact) mass is 254 g/mol. The van der Waals surface area contributed by atoms with E-state index in [1.54, 1.807) is 36.4 Å². The molecule has 0 bridgehead atoms. The predicted molar refractivity (Wildman–Crippen MR) is 69.9 cm³/mol. The Balaban J connectivity index is 2.03. The molecule has 4 heteroatoms. The molecule has 2 aromatic rings. The number of nitriles is 1. The number of carbonyl (C=O) groups is 1. The van der Waals surface area contributed by atoms with E-state index < -0.39 is 0 Å². The molecule has 0 aromatic heterocycles. The molecule has 0 radical (unpaired) electrons. The van der Waals surface area contributed by atoms with Gasteiger partial charge in [-0.1, -0.05) is 18.2 Å². The Labute approximate surface area is 110 Å². The van der Waals surface area contributed by atoms with Crippen molar-refractivity contribution in [2.24, 2.45) is 0 Å². The van der Waals surface area contributed by atoms with Gasteiger partial charge in [-0.25, -0.2) is 4.39 Å². The van der Waals surface area contributed by atoms with Gasteiger partial charge < -0.3 is 5.32 Å². The zero-order valence-corrected chi connectivity index (χ0v) is 10.1. The maximum absolute atomic E-state index is 13.0. The lowest BCUT2D eigenvalue weighted by Crippen LogP contribution is -2.14. The van der Waals surface area contributed by atoms with Crippen LogP contribution in [0.25, 0.3) is 0 Å². The third-order valence-corrected chi connectivity index (χ3v) is 2.53. The minimum atomic E-state index is -0.364. The summed E-state index contributed by atoms with van der Waals surface area (Å²) in [5, 5.41) is 11.4. The van der Waals surface area contributed by atoms with Crippen molar-refractivity contribution in [1.29, 1.82) is 5.26 Å². The number of carbonyl (C=O) groups excluding carboxylic acids is 1. The summed E-state index contributed by atoms with van der Waals surface area (Å²) in [6, 6.07) is 14.5. The van der Waals surface area contributed by atoms with Crippen molar-refractivity contribution < 1.29 is 9.18 Å². The first-order chi connectivity index (χ1) is 9.17. The third kappa shape index (κ3) is 3.65. The summed E-state index contributed by atoms with van der Waals surface area (Å²) in [6.45, 7) is 0. The van der Waals surface area contributed by atoms with Gasteiger partial charge in [0.25, 0.3) is 0 Å². The van der Waals surface area contributed by atoms with E-state index in [-0.39, 0.29) is 18.1 Å². The molecule has 2 rings (SSSR count). The molecule has 0 spiro atoms. The summed E-state index contributed by atoms with van der Waals surface area (Å²) in [7, 11) is 0. The van der Waals surface area contributed by atoms with Crippen LogP contribution in [0.1, 0.15) is 11.1 Å². The fourth-order valence-electron chi connectivity index (χ4n) is 1.70. The van der Waals surface area contributed by atoms with Gasteiger partial charge in [0.15, 0.2) is 0 Å². The first-order valence-corrected chi connectivity index (χ1v) is 5.72. The average molecular weight is 254 g/mol. The van der Waals surface area contributed by atoms with Crippen LogP contribution >= 0.6 is 0 Å². The summed E-state index contributed by atoms with van der Waals surface area (Å²) >= 11 is 0. The molecule has 0 unspecified atom stereocenters. The molecule has 0 aliphatic heterocycles. The summed E-state index contributed by atoms with van der Waals surface area (Å²) in [5.74, 6) is -0.613. The van der Waals surface area contributed by atoms with E-state index >= 15 is 0 Å². The maximum atomic E-state index is 13.0. The van der Waals surface area contributed by atoms with Gasteiger partial charge in [0, 0.05) is 5.69 Å². The lowest BCUT2D eigenvalue weighted by Gasteiger charge is -2.05. The highest BCUT2D eigenvalue weighted by molar-refractivity contribution is 5.92. The van der Waals surface area contributed by atoms with Crippen LogP contribution in [-0.4, -0.2) is 5.91 Å². The van der Waals surface area contributed by atoms with E-state index in [1.807, 2.05) is 6.07 Å². The highest BCUT2D eigenvalue weighted by Gasteiger charge is 2.05. The maximum Gasteiger partial charge on any atom is 0.228 e. The van der Waals surface area contributed by atoms with Crippen LogP contribution in [0.2, 0.25) is 0 Å². The Morgan fingerprint density at radius 1 is 1.21 bits per heavy atom. The van der Waals surface area contributed by atoms with Crippen LogP contribution in [0.4, 0.5) is 10.1 Å². The van der Waals surface area contributed by atoms with Crippen molar-refractivity contribution in [3.63, 3.8) is 0 Å². The highest BCUT2D eigenvalue weighted by atomic mass is 19.1. The normalized spacial score (nSPS) is 9.68. The molecular formula is C15H11FN2O. The first-order valence-electron chi connectivity index (χ1n) is 5.72. The SMILES string of the molecule is N#Cc1cccc(NC(=O)Cc2cccc(F)c2)c1. The van der Waals surface area contributed by atoms with Crippen LogP contribution in [0.3, 0.4) is 0 Å². The molecule has 0 fully saturated rings. The zero-order chi connectivity index (χ0) is 13.7. The van der Waals surface area contributed by atoms with Crippen molar-refractivity contribution >= 4 is 11.6 Å². The second-order valence-electron chi connectivity index (χ2n) is 4.05. The van der Waals surface area contributed by atoms with Crippen molar-refractivity contribution in [3.8, 4) is 6.07 Å². The predicted octanol–water partition coefficient (Wildman–Crippen LogP) is 2.88. The van der Waals surface area contributed by atoms with Crippen LogP contribution in [0.5, 0.6) is 0 Å². The topological polar surface area (TPSA) is 52.9 Å². The summed E-state index contributed by atoms with van der Waals surface area (Å²) in [4.78, 5) is 11.8. The van der Waals surface area contributed by atoms with Gasteiger partial charge >= 0.3 is 0 Å². The Bertz CT molecular complexity index is 647. The van der Waals surface area contributed by atoms with E-state index in [4.69, 9.17) is 5.26 Å². The molecule has 0 aliphatic carbocycles. The number of benzene rings is 2. The number of anilines is 1. The molecule has 0 aliphatic rings. The Kier molecular flexibility index (Phi) is 3.89. The molecule has 2 aromatic carbocycles. The summed E-state index contributed by atoms with van der Waals surface area (Å²) in [6.07, 6.45) is 0.0918. The minimum absolute atomic E-state index is 0.0918. The van der Waals surface area contributed by atoms with Crippen LogP contribution in [0.15, 0.2) is 48.5 Å². The molecule has 0 atom stereocenters. The second kappa shape index (κ2) is 5.78. The Morgan fingerprint density at radius 2 is 2.00 bits per heavy atom. The van der Waals surface area contributed by atoms with Crippen LogP contribution in [0, 0.1) is 17.1 Å². The fraction of sp³-hybridized carbons (Fsp3) is 0.0667. The number of nitrogens with zero attached hydrogens (tertiary/aromatic N) is 1. The number of nitrogens with one attached hydrogen (secondary N) is 1. The fourth-order valence-corrected chi connectivity index (χ4v) is 1.70. The van der Waals surface area contributed by atoms with Gasteiger partial charge in [0.2, 0.25) is 5.91 Å².